The number of hydrogen-bond acceptors (Lipinski definition) is 10. The van der Waals surface area contributed by atoms with E-state index in [1.807, 2.05) is 45.0 Å². The van der Waals surface area contributed by atoms with Gasteiger partial charge in [-0.15, -0.1) is 6.58 Å². The molecule has 256 valence electrons. The molecule has 14 nitrogen and oxygen atoms in total. The summed E-state index contributed by atoms with van der Waals surface area (Å²) in [5.74, 6) is -2.18. The molecule has 1 aliphatic heterocycles. The minimum absolute atomic E-state index is 0.0357. The molecule has 1 saturated heterocycles. The van der Waals surface area contributed by atoms with E-state index < -0.39 is 58.9 Å². The largest absolute Gasteiger partial charge is 0.446 e. The number of rotatable bonds is 9. The van der Waals surface area contributed by atoms with Crippen molar-refractivity contribution in [2.45, 2.75) is 89.1 Å². The van der Waals surface area contributed by atoms with E-state index in [1.54, 1.807) is 24.7 Å². The van der Waals surface area contributed by atoms with Crippen LogP contribution in [0.1, 0.15) is 70.7 Å². The summed E-state index contributed by atoms with van der Waals surface area (Å²) in [4.78, 5) is 70.7. The van der Waals surface area contributed by atoms with E-state index in [0.717, 1.165) is 36.8 Å². The lowest BCUT2D eigenvalue weighted by Gasteiger charge is -2.35. The Morgan fingerprint density at radius 1 is 1.10 bits per heavy atom. The fourth-order valence-electron chi connectivity index (χ4n) is 6.94. The molecule has 4 amide bonds. The number of carbonyl (C=O) groups excluding carboxylic acids is 4. The summed E-state index contributed by atoms with van der Waals surface area (Å²) < 4.78 is 5.61. The van der Waals surface area contributed by atoms with Crippen LogP contribution in [0, 0.1) is 22.8 Å². The lowest BCUT2D eigenvalue weighted by atomic mass is 9.85. The number of oxime groups is 1. The fourth-order valence-corrected chi connectivity index (χ4v) is 6.94. The average Bonchev–Trinajstić information content (AvgIpc) is 3.40. The van der Waals surface area contributed by atoms with Crippen molar-refractivity contribution in [3.05, 3.63) is 60.7 Å². The van der Waals surface area contributed by atoms with Crippen molar-refractivity contribution in [1.82, 2.24) is 30.8 Å². The van der Waals surface area contributed by atoms with Crippen LogP contribution < -0.4 is 16.0 Å². The van der Waals surface area contributed by atoms with E-state index in [9.17, 15) is 19.2 Å². The zero-order valence-electron chi connectivity index (χ0n) is 27.8. The number of fused-ring (bicyclic) bond motifs is 3. The smallest absolute Gasteiger partial charge is 0.408 e. The molecule has 0 bridgehead atoms. The fraction of sp³-hybridized carbons (Fsp3) is 0.486. The number of ether oxygens (including phenoxy) is 1. The molecular weight excluding hydrogens is 628 g/mol. The van der Waals surface area contributed by atoms with Crippen molar-refractivity contribution in [2.75, 3.05) is 6.54 Å². The van der Waals surface area contributed by atoms with Crippen LogP contribution in [0.25, 0.3) is 11.1 Å². The molecule has 3 fully saturated rings. The normalized spacial score (nSPS) is 24.5. The van der Waals surface area contributed by atoms with Crippen LogP contribution in [0.15, 0.2) is 54.5 Å². The number of pyridine rings is 2. The molecule has 14 heteroatoms. The van der Waals surface area contributed by atoms with Gasteiger partial charge in [-0.2, -0.15) is 5.26 Å². The van der Waals surface area contributed by atoms with Gasteiger partial charge in [-0.1, -0.05) is 44.1 Å². The molecule has 2 aromatic heterocycles. The van der Waals surface area contributed by atoms with E-state index in [-0.39, 0.29) is 25.5 Å². The molecule has 2 aromatic rings. The second-order valence-electron chi connectivity index (χ2n) is 14.0. The SMILES string of the molecule is C=CC1C[C@]1(NC(=O)[C@@H]1C[C@@H](ON=C2c3ncccc3-c3cccnc32)CN1C(=O)[C@H](NC(=O)OC1CCCC1)C(C)(C)C)C(=O)NC#N. The molecule has 4 aliphatic rings. The Balaban J connectivity index is 1.27. The summed E-state index contributed by atoms with van der Waals surface area (Å²) in [6, 6.07) is 5.35. The van der Waals surface area contributed by atoms with E-state index in [1.165, 1.54) is 4.90 Å². The monoisotopic (exact) mass is 668 g/mol. The minimum atomic E-state index is -1.37. The van der Waals surface area contributed by atoms with Gasteiger partial charge in [0.25, 0.3) is 5.91 Å². The standard InChI is InChI=1S/C35H40N8O6/c1-5-20-17-35(20,32(46)39-19-36)41-30(44)25-16-22(49-42-28-26-23(12-8-14-37-26)24-13-9-15-38-27(24)28)18-43(25)31(45)29(34(2,3)4)40-33(47)48-21-10-6-7-11-21/h5,8-9,12-15,20-22,25,29H,1,6-7,10-11,16-18H2,2-4H3,(H,39,46)(H,40,47)(H,41,44)/t20?,22-,25+,29+,35-/m1/s1. The molecule has 3 N–H and O–H groups in total. The number of aromatic nitrogens is 2. The highest BCUT2D eigenvalue weighted by Crippen LogP contribution is 2.45. The van der Waals surface area contributed by atoms with Crippen LogP contribution in [-0.2, 0) is 24.0 Å². The molecule has 3 aliphatic carbocycles. The molecule has 2 saturated carbocycles. The van der Waals surface area contributed by atoms with Crippen molar-refractivity contribution < 1.29 is 28.8 Å². The highest BCUT2D eigenvalue weighted by molar-refractivity contribution is 6.22. The zero-order valence-corrected chi connectivity index (χ0v) is 27.8. The van der Waals surface area contributed by atoms with Crippen LogP contribution >= 0.6 is 0 Å². The van der Waals surface area contributed by atoms with Gasteiger partial charge in [0.15, 0.2) is 11.9 Å². The van der Waals surface area contributed by atoms with Crippen LogP contribution in [0.5, 0.6) is 0 Å². The molecule has 49 heavy (non-hydrogen) atoms. The first kappa shape index (κ1) is 33.6. The van der Waals surface area contributed by atoms with Crippen LogP contribution in [-0.4, -0.2) is 80.8 Å². The Labute approximate surface area is 284 Å². The first-order valence-electron chi connectivity index (χ1n) is 16.5. The van der Waals surface area contributed by atoms with Crippen LogP contribution in [0.2, 0.25) is 0 Å². The summed E-state index contributed by atoms with van der Waals surface area (Å²) in [6.45, 7) is 9.15. The second-order valence-corrected chi connectivity index (χ2v) is 14.0. The Bertz CT molecular complexity index is 1690. The molecule has 1 unspecified atom stereocenters. The quantitative estimate of drug-likeness (QED) is 0.133. The van der Waals surface area contributed by atoms with E-state index >= 15 is 0 Å². The molecule has 0 spiro atoms. The van der Waals surface area contributed by atoms with Crippen molar-refractivity contribution in [3.8, 4) is 17.3 Å². The predicted molar refractivity (Wildman–Crippen MR) is 176 cm³/mol. The number of amides is 4. The van der Waals surface area contributed by atoms with E-state index in [4.69, 9.17) is 14.8 Å². The maximum absolute atomic E-state index is 14.4. The second kappa shape index (κ2) is 13.3. The third kappa shape index (κ3) is 6.57. The summed E-state index contributed by atoms with van der Waals surface area (Å²) in [7, 11) is 0. The van der Waals surface area contributed by atoms with Crippen molar-refractivity contribution in [2.24, 2.45) is 16.5 Å². The number of hydrogen-bond donors (Lipinski definition) is 3. The number of carbonyl (C=O) groups is 4. The third-order valence-electron chi connectivity index (χ3n) is 9.67. The summed E-state index contributed by atoms with van der Waals surface area (Å²) >= 11 is 0. The Hall–Kier alpha value is -5.32. The van der Waals surface area contributed by atoms with Crippen molar-refractivity contribution in [1.29, 1.82) is 5.26 Å². The van der Waals surface area contributed by atoms with Gasteiger partial charge in [-0.3, -0.25) is 29.7 Å². The number of nitrogens with one attached hydrogen (secondary N) is 3. The van der Waals surface area contributed by atoms with Crippen molar-refractivity contribution in [3.63, 3.8) is 0 Å². The van der Waals surface area contributed by atoms with E-state index in [2.05, 4.69) is 37.7 Å². The topological polar surface area (TPSA) is 188 Å². The lowest BCUT2D eigenvalue weighted by Crippen LogP contribution is -2.59. The third-order valence-corrected chi connectivity index (χ3v) is 9.67. The van der Waals surface area contributed by atoms with Gasteiger partial charge in [0, 0.05) is 35.9 Å². The van der Waals surface area contributed by atoms with Gasteiger partial charge in [0.2, 0.25) is 11.8 Å². The van der Waals surface area contributed by atoms with Gasteiger partial charge in [0.1, 0.15) is 41.2 Å². The molecular formula is C35H40N8O6. The first-order chi connectivity index (χ1) is 23.5. The number of nitrogens with zero attached hydrogens (tertiary/aromatic N) is 5. The van der Waals surface area contributed by atoms with Crippen LogP contribution in [0.4, 0.5) is 4.79 Å². The van der Waals surface area contributed by atoms with Gasteiger partial charge in [-0.05, 0) is 49.7 Å². The maximum atomic E-state index is 14.4. The van der Waals surface area contributed by atoms with E-state index in [0.29, 0.717) is 17.1 Å². The molecule has 0 radical (unpaired) electrons. The van der Waals surface area contributed by atoms with Gasteiger partial charge >= 0.3 is 6.09 Å². The predicted octanol–water partition coefficient (Wildman–Crippen LogP) is 2.94. The lowest BCUT2D eigenvalue weighted by molar-refractivity contribution is -0.143. The molecule has 3 heterocycles. The first-order valence-corrected chi connectivity index (χ1v) is 16.5. The summed E-state index contributed by atoms with van der Waals surface area (Å²) in [6.07, 6.45) is 8.60. The summed E-state index contributed by atoms with van der Waals surface area (Å²) in [5.41, 5.74) is 1.22. The number of likely N-dealkylation sites (tertiary alicyclic amines) is 1. The van der Waals surface area contributed by atoms with Gasteiger partial charge in [0.05, 0.1) is 6.54 Å². The summed E-state index contributed by atoms with van der Waals surface area (Å²) in [5, 5.41) is 21.2. The van der Waals surface area contributed by atoms with Gasteiger partial charge in [-0.25, -0.2) is 4.79 Å². The maximum Gasteiger partial charge on any atom is 0.408 e. The number of nitriles is 1. The van der Waals surface area contributed by atoms with Crippen molar-refractivity contribution >= 4 is 29.5 Å². The van der Waals surface area contributed by atoms with Gasteiger partial charge < -0.3 is 25.1 Å². The number of alkyl carbamates (subject to hydrolysis) is 1. The average molecular weight is 669 g/mol. The Morgan fingerprint density at radius 2 is 1.76 bits per heavy atom. The Morgan fingerprint density at radius 3 is 2.33 bits per heavy atom. The zero-order chi connectivity index (χ0) is 34.9. The highest BCUT2D eigenvalue weighted by Gasteiger charge is 2.61. The highest BCUT2D eigenvalue weighted by atomic mass is 16.6. The Kier molecular flexibility index (Phi) is 9.11. The van der Waals surface area contributed by atoms with Crippen LogP contribution in [0.3, 0.4) is 0 Å². The minimum Gasteiger partial charge on any atom is -0.446 e. The molecule has 6 rings (SSSR count). The molecule has 0 aromatic carbocycles. The molecule has 5 atom stereocenters.